The Morgan fingerprint density at radius 1 is 1.24 bits per heavy atom. The Morgan fingerprint density at radius 2 is 1.88 bits per heavy atom. The highest BCUT2D eigenvalue weighted by Crippen LogP contribution is 2.28. The molecular formula is C13H20ClN3. The van der Waals surface area contributed by atoms with Gasteiger partial charge in [-0.3, -0.25) is 0 Å². The second kappa shape index (κ2) is 6.20. The van der Waals surface area contributed by atoms with Gasteiger partial charge in [0.25, 0.3) is 0 Å². The van der Waals surface area contributed by atoms with Crippen molar-refractivity contribution in [1.82, 2.24) is 9.97 Å². The van der Waals surface area contributed by atoms with Gasteiger partial charge in [0.15, 0.2) is 0 Å². The normalized spacial score (nSPS) is 24.6. The molecule has 4 heteroatoms. The van der Waals surface area contributed by atoms with Crippen LogP contribution in [0.5, 0.6) is 0 Å². The lowest BCUT2D eigenvalue weighted by Gasteiger charge is -2.28. The lowest BCUT2D eigenvalue weighted by atomic mass is 9.83. The van der Waals surface area contributed by atoms with Crippen molar-refractivity contribution in [3.63, 3.8) is 0 Å². The fraction of sp³-hybridized carbons (Fsp3) is 0.692. The van der Waals surface area contributed by atoms with Crippen LogP contribution >= 0.6 is 11.6 Å². The number of nitrogens with zero attached hydrogens (tertiary/aromatic N) is 2. The van der Waals surface area contributed by atoms with Crippen molar-refractivity contribution < 1.29 is 0 Å². The predicted molar refractivity (Wildman–Crippen MR) is 71.3 cm³/mol. The van der Waals surface area contributed by atoms with E-state index in [1.54, 1.807) is 12.4 Å². The van der Waals surface area contributed by atoms with Gasteiger partial charge in [-0.05, 0) is 31.6 Å². The molecule has 17 heavy (non-hydrogen) atoms. The zero-order chi connectivity index (χ0) is 12.1. The number of aromatic nitrogens is 2. The fourth-order valence-corrected chi connectivity index (χ4v) is 2.67. The molecule has 1 aliphatic carbocycles. The van der Waals surface area contributed by atoms with Crippen LogP contribution in [0.25, 0.3) is 0 Å². The van der Waals surface area contributed by atoms with Gasteiger partial charge in [0.05, 0.1) is 17.4 Å². The highest BCUT2D eigenvalue weighted by Gasteiger charge is 2.20. The van der Waals surface area contributed by atoms with E-state index in [1.165, 1.54) is 38.5 Å². The van der Waals surface area contributed by atoms with Gasteiger partial charge in [0, 0.05) is 6.04 Å². The number of halogens is 1. The van der Waals surface area contributed by atoms with Crippen molar-refractivity contribution in [2.45, 2.75) is 51.5 Å². The Morgan fingerprint density at radius 3 is 2.47 bits per heavy atom. The van der Waals surface area contributed by atoms with Gasteiger partial charge in [0.1, 0.15) is 0 Å². The first-order valence-corrected chi connectivity index (χ1v) is 6.89. The molecule has 1 heterocycles. The van der Waals surface area contributed by atoms with Gasteiger partial charge in [-0.25, -0.2) is 9.97 Å². The average Bonchev–Trinajstić information content (AvgIpc) is 2.35. The Hall–Kier alpha value is -0.830. The molecule has 0 amide bonds. The third kappa shape index (κ3) is 3.84. The average molecular weight is 254 g/mol. The Labute approximate surface area is 108 Å². The summed E-state index contributed by atoms with van der Waals surface area (Å²) < 4.78 is 0. The molecule has 0 aromatic carbocycles. The summed E-state index contributed by atoms with van der Waals surface area (Å²) in [5, 5.41) is 3.98. The first-order chi connectivity index (χ1) is 8.28. The molecule has 1 aliphatic rings. The van der Waals surface area contributed by atoms with Crippen LogP contribution in [0.2, 0.25) is 5.02 Å². The smallest absolute Gasteiger partial charge is 0.222 e. The second-order valence-electron chi connectivity index (χ2n) is 4.88. The Kier molecular flexibility index (Phi) is 4.60. The highest BCUT2D eigenvalue weighted by molar-refractivity contribution is 6.30. The van der Waals surface area contributed by atoms with E-state index in [0.717, 1.165) is 5.92 Å². The van der Waals surface area contributed by atoms with Crippen molar-refractivity contribution in [3.8, 4) is 0 Å². The molecule has 1 fully saturated rings. The highest BCUT2D eigenvalue weighted by atomic mass is 35.5. The second-order valence-corrected chi connectivity index (χ2v) is 5.31. The predicted octanol–water partition coefficient (Wildman–Crippen LogP) is 3.90. The lowest BCUT2D eigenvalue weighted by Crippen LogP contribution is -2.26. The van der Waals surface area contributed by atoms with E-state index in [-0.39, 0.29) is 0 Å². The summed E-state index contributed by atoms with van der Waals surface area (Å²) in [5.74, 6) is 1.64. The molecule has 1 aromatic heterocycles. The summed E-state index contributed by atoms with van der Waals surface area (Å²) in [5.41, 5.74) is 0. The molecule has 0 spiro atoms. The summed E-state index contributed by atoms with van der Waals surface area (Å²) in [6, 6.07) is 0.532. The maximum atomic E-state index is 5.76. The minimum atomic E-state index is 0.532. The molecule has 1 saturated carbocycles. The van der Waals surface area contributed by atoms with Crippen molar-refractivity contribution in [1.29, 1.82) is 0 Å². The molecule has 0 unspecified atom stereocenters. The van der Waals surface area contributed by atoms with Crippen LogP contribution in [0.1, 0.15) is 45.4 Å². The van der Waals surface area contributed by atoms with Crippen LogP contribution in [-0.4, -0.2) is 16.0 Å². The van der Waals surface area contributed by atoms with Crippen LogP contribution in [0.4, 0.5) is 5.95 Å². The minimum Gasteiger partial charge on any atom is -0.351 e. The largest absolute Gasteiger partial charge is 0.351 e. The molecule has 94 valence electrons. The molecule has 0 aliphatic heterocycles. The summed E-state index contributed by atoms with van der Waals surface area (Å²) >= 11 is 5.76. The molecule has 1 aromatic rings. The van der Waals surface area contributed by atoms with E-state index in [2.05, 4.69) is 22.2 Å². The lowest BCUT2D eigenvalue weighted by molar-refractivity contribution is 0.318. The first-order valence-electron chi connectivity index (χ1n) is 6.52. The van der Waals surface area contributed by atoms with Crippen LogP contribution in [0.3, 0.4) is 0 Å². The molecule has 0 bridgehead atoms. The van der Waals surface area contributed by atoms with Gasteiger partial charge in [-0.1, -0.05) is 31.4 Å². The van der Waals surface area contributed by atoms with E-state index >= 15 is 0 Å². The number of anilines is 1. The number of hydrogen-bond donors (Lipinski definition) is 1. The molecule has 0 atom stereocenters. The van der Waals surface area contributed by atoms with E-state index in [1.807, 2.05) is 0 Å². The zero-order valence-corrected chi connectivity index (χ0v) is 11.1. The zero-order valence-electron chi connectivity index (χ0n) is 10.3. The third-order valence-corrected chi connectivity index (χ3v) is 3.69. The Bertz CT molecular complexity index is 331. The molecule has 2 rings (SSSR count). The van der Waals surface area contributed by atoms with Gasteiger partial charge in [0.2, 0.25) is 5.95 Å². The van der Waals surface area contributed by atoms with E-state index < -0.39 is 0 Å². The minimum absolute atomic E-state index is 0.532. The van der Waals surface area contributed by atoms with Gasteiger partial charge < -0.3 is 5.32 Å². The topological polar surface area (TPSA) is 37.8 Å². The Balaban J connectivity index is 1.79. The number of hydrogen-bond acceptors (Lipinski definition) is 3. The molecular weight excluding hydrogens is 234 g/mol. The maximum absolute atomic E-state index is 5.76. The molecule has 0 radical (unpaired) electrons. The monoisotopic (exact) mass is 253 g/mol. The summed E-state index contributed by atoms with van der Waals surface area (Å²) in [6.45, 7) is 2.27. The summed E-state index contributed by atoms with van der Waals surface area (Å²) in [7, 11) is 0. The first kappa shape index (κ1) is 12.6. The van der Waals surface area contributed by atoms with Crippen LogP contribution in [0.15, 0.2) is 12.4 Å². The van der Waals surface area contributed by atoms with E-state index in [9.17, 15) is 0 Å². The summed E-state index contributed by atoms with van der Waals surface area (Å²) in [4.78, 5) is 8.35. The maximum Gasteiger partial charge on any atom is 0.222 e. The standard InChI is InChI=1S/C13H20ClN3/c1-2-3-10-4-6-12(7-5-10)17-13-15-8-11(14)9-16-13/h8-10,12H,2-7H2,1H3,(H,15,16,17). The van der Waals surface area contributed by atoms with Gasteiger partial charge >= 0.3 is 0 Å². The van der Waals surface area contributed by atoms with Gasteiger partial charge in [-0.2, -0.15) is 0 Å². The third-order valence-electron chi connectivity index (χ3n) is 3.50. The summed E-state index contributed by atoms with van der Waals surface area (Å²) in [6.07, 6.45) is 11.1. The van der Waals surface area contributed by atoms with Crippen molar-refractivity contribution in [2.24, 2.45) is 5.92 Å². The van der Waals surface area contributed by atoms with Crippen molar-refractivity contribution in [2.75, 3.05) is 5.32 Å². The van der Waals surface area contributed by atoms with Crippen molar-refractivity contribution in [3.05, 3.63) is 17.4 Å². The van der Waals surface area contributed by atoms with E-state index in [0.29, 0.717) is 17.0 Å². The van der Waals surface area contributed by atoms with Crippen molar-refractivity contribution >= 4 is 17.5 Å². The molecule has 3 nitrogen and oxygen atoms in total. The van der Waals surface area contributed by atoms with Gasteiger partial charge in [-0.15, -0.1) is 0 Å². The van der Waals surface area contributed by atoms with Crippen LogP contribution < -0.4 is 5.32 Å². The molecule has 1 N–H and O–H groups in total. The number of rotatable bonds is 4. The fourth-order valence-electron chi connectivity index (χ4n) is 2.57. The van der Waals surface area contributed by atoms with Crippen LogP contribution in [0, 0.1) is 5.92 Å². The van der Waals surface area contributed by atoms with Crippen LogP contribution in [-0.2, 0) is 0 Å². The quantitative estimate of drug-likeness (QED) is 0.884. The van der Waals surface area contributed by atoms with E-state index in [4.69, 9.17) is 11.6 Å². The number of nitrogens with one attached hydrogen (secondary N) is 1. The SMILES string of the molecule is CCCC1CCC(Nc2ncc(Cl)cn2)CC1. The molecule has 0 saturated heterocycles.